The quantitative estimate of drug-likeness (QED) is 0.808. The van der Waals surface area contributed by atoms with E-state index in [2.05, 4.69) is 20.6 Å². The molecule has 1 radical (unpaired) electrons. The summed E-state index contributed by atoms with van der Waals surface area (Å²) in [5.74, 6) is 0. The maximum absolute atomic E-state index is 6.31. The smallest absolute Gasteiger partial charge is 0.158 e. The van der Waals surface area contributed by atoms with Gasteiger partial charge in [0.1, 0.15) is 5.69 Å². The summed E-state index contributed by atoms with van der Waals surface area (Å²) in [5.41, 5.74) is 0.797. The Morgan fingerprint density at radius 3 is 2.40 bits per heavy atom. The molecule has 3 rings (SSSR count). The van der Waals surface area contributed by atoms with E-state index in [9.17, 15) is 0 Å². The first-order valence-corrected chi connectivity index (χ1v) is 6.72. The number of nitrogens with zero attached hydrogens (tertiary/aromatic N) is 2. The van der Waals surface area contributed by atoms with E-state index in [1.807, 2.05) is 18.2 Å². The average Bonchev–Trinajstić information content (AvgIpc) is 2.93. The van der Waals surface area contributed by atoms with Crippen LogP contribution >= 0.6 is 23.2 Å². The van der Waals surface area contributed by atoms with Gasteiger partial charge in [0, 0.05) is 42.6 Å². The Balaban J connectivity index is 0.00000147. The molecular weight excluding hydrogens is 347 g/mol. The standard InChI is InChI=1S/C13H12Cl2N4.Cu/c14-9-4-6-17-12(11(9)15)13(18-7-8-19-13)10-3-1-2-5-16-10;/h1-6,18-19H,7-8H2;. The number of nitrogens with one attached hydrogen (secondary N) is 2. The normalized spacial score (nSPS) is 16.7. The van der Waals surface area contributed by atoms with Gasteiger partial charge in [0.15, 0.2) is 5.66 Å². The van der Waals surface area contributed by atoms with E-state index in [1.54, 1.807) is 18.5 Å². The van der Waals surface area contributed by atoms with Crippen LogP contribution in [0.15, 0.2) is 36.7 Å². The zero-order valence-electron chi connectivity index (χ0n) is 10.3. The Hall–Kier alpha value is -0.681. The number of hydrogen-bond acceptors (Lipinski definition) is 4. The number of rotatable bonds is 2. The topological polar surface area (TPSA) is 49.8 Å². The number of pyridine rings is 2. The molecule has 2 aromatic rings. The second-order valence-corrected chi connectivity index (χ2v) is 5.06. The molecule has 0 saturated carbocycles. The van der Waals surface area contributed by atoms with Crippen LogP contribution in [0.5, 0.6) is 0 Å². The van der Waals surface area contributed by atoms with Crippen molar-refractivity contribution in [2.75, 3.05) is 13.1 Å². The van der Waals surface area contributed by atoms with Crippen molar-refractivity contribution in [2.45, 2.75) is 5.66 Å². The van der Waals surface area contributed by atoms with Gasteiger partial charge in [-0.3, -0.25) is 20.6 Å². The Morgan fingerprint density at radius 2 is 1.75 bits per heavy atom. The second kappa shape index (κ2) is 6.39. The number of aromatic nitrogens is 2. The van der Waals surface area contributed by atoms with Gasteiger partial charge in [-0.1, -0.05) is 29.3 Å². The maximum Gasteiger partial charge on any atom is 0.158 e. The van der Waals surface area contributed by atoms with Crippen molar-refractivity contribution in [1.29, 1.82) is 0 Å². The molecule has 0 atom stereocenters. The van der Waals surface area contributed by atoms with E-state index in [0.717, 1.165) is 18.8 Å². The SMILES string of the molecule is Clc1ccnc(C2(c3ccccn3)NCCN2)c1Cl.[Cu]. The van der Waals surface area contributed by atoms with Crippen molar-refractivity contribution in [2.24, 2.45) is 0 Å². The summed E-state index contributed by atoms with van der Waals surface area (Å²) in [6, 6.07) is 7.42. The molecule has 1 saturated heterocycles. The van der Waals surface area contributed by atoms with Crippen LogP contribution < -0.4 is 10.6 Å². The van der Waals surface area contributed by atoms with Crippen LogP contribution in [-0.4, -0.2) is 23.1 Å². The zero-order valence-corrected chi connectivity index (χ0v) is 12.8. The maximum atomic E-state index is 6.31. The summed E-state index contributed by atoms with van der Waals surface area (Å²) in [6.07, 6.45) is 3.40. The second-order valence-electron chi connectivity index (χ2n) is 4.27. The minimum Gasteiger partial charge on any atom is -0.288 e. The van der Waals surface area contributed by atoms with Gasteiger partial charge in [-0.25, -0.2) is 0 Å². The average molecular weight is 359 g/mol. The van der Waals surface area contributed by atoms with Gasteiger partial charge in [-0.15, -0.1) is 0 Å². The molecule has 4 nitrogen and oxygen atoms in total. The predicted octanol–water partition coefficient (Wildman–Crippen LogP) is 2.17. The van der Waals surface area contributed by atoms with Gasteiger partial charge >= 0.3 is 0 Å². The van der Waals surface area contributed by atoms with Crippen molar-refractivity contribution in [1.82, 2.24) is 20.6 Å². The fourth-order valence-electron chi connectivity index (χ4n) is 2.30. The zero-order chi connectivity index (χ0) is 13.3. The van der Waals surface area contributed by atoms with Crippen LogP contribution in [0.1, 0.15) is 11.4 Å². The Bertz CT molecular complexity index is 588. The first-order chi connectivity index (χ1) is 9.24. The van der Waals surface area contributed by atoms with Crippen molar-refractivity contribution in [3.8, 4) is 0 Å². The summed E-state index contributed by atoms with van der Waals surface area (Å²) >= 11 is 12.4. The Labute approximate surface area is 137 Å². The van der Waals surface area contributed by atoms with Crippen LogP contribution in [-0.2, 0) is 22.7 Å². The molecule has 0 bridgehead atoms. The molecule has 2 aromatic heterocycles. The minimum absolute atomic E-state index is 0. The molecule has 0 amide bonds. The third kappa shape index (κ3) is 2.58. The van der Waals surface area contributed by atoms with Crippen molar-refractivity contribution in [3.05, 3.63) is 58.1 Å². The molecule has 3 heterocycles. The summed E-state index contributed by atoms with van der Waals surface area (Å²) < 4.78 is 0. The molecule has 0 aliphatic carbocycles. The number of hydrogen-bond donors (Lipinski definition) is 2. The van der Waals surface area contributed by atoms with Crippen molar-refractivity contribution < 1.29 is 17.1 Å². The van der Waals surface area contributed by atoms with E-state index >= 15 is 0 Å². The van der Waals surface area contributed by atoms with Gasteiger partial charge in [0.05, 0.1) is 15.7 Å². The first kappa shape index (κ1) is 15.7. The minimum atomic E-state index is -0.677. The monoisotopic (exact) mass is 357 g/mol. The van der Waals surface area contributed by atoms with E-state index in [4.69, 9.17) is 23.2 Å². The van der Waals surface area contributed by atoms with Crippen molar-refractivity contribution in [3.63, 3.8) is 0 Å². The van der Waals surface area contributed by atoms with E-state index in [1.165, 1.54) is 0 Å². The fraction of sp³-hybridized carbons (Fsp3) is 0.231. The van der Waals surface area contributed by atoms with E-state index in [0.29, 0.717) is 15.7 Å². The van der Waals surface area contributed by atoms with Gasteiger partial charge < -0.3 is 0 Å². The Morgan fingerprint density at radius 1 is 1.00 bits per heavy atom. The van der Waals surface area contributed by atoms with Crippen LogP contribution in [0.25, 0.3) is 0 Å². The van der Waals surface area contributed by atoms with Gasteiger partial charge in [0.25, 0.3) is 0 Å². The molecular formula is C13H12Cl2CuN4. The molecule has 109 valence electrons. The summed E-state index contributed by atoms with van der Waals surface area (Å²) in [7, 11) is 0. The van der Waals surface area contributed by atoms with Crippen LogP contribution in [0.2, 0.25) is 10.0 Å². The third-order valence-electron chi connectivity index (χ3n) is 3.15. The molecule has 1 fully saturated rings. The molecule has 1 aliphatic rings. The number of halogens is 2. The van der Waals surface area contributed by atoms with Crippen LogP contribution in [0, 0.1) is 0 Å². The van der Waals surface area contributed by atoms with Gasteiger partial charge in [-0.05, 0) is 18.2 Å². The molecule has 7 heteroatoms. The summed E-state index contributed by atoms with van der Waals surface area (Å²) in [5, 5.41) is 7.71. The molecule has 0 unspecified atom stereocenters. The van der Waals surface area contributed by atoms with Gasteiger partial charge in [0.2, 0.25) is 0 Å². The molecule has 0 aromatic carbocycles. The van der Waals surface area contributed by atoms with Crippen LogP contribution in [0.4, 0.5) is 0 Å². The van der Waals surface area contributed by atoms with Crippen molar-refractivity contribution >= 4 is 23.2 Å². The largest absolute Gasteiger partial charge is 0.288 e. The molecule has 20 heavy (non-hydrogen) atoms. The molecule has 1 aliphatic heterocycles. The predicted molar refractivity (Wildman–Crippen MR) is 75.3 cm³/mol. The summed E-state index contributed by atoms with van der Waals surface area (Å²) in [6.45, 7) is 1.61. The van der Waals surface area contributed by atoms with E-state index in [-0.39, 0.29) is 17.1 Å². The first-order valence-electron chi connectivity index (χ1n) is 5.96. The molecule has 0 spiro atoms. The molecule has 2 N–H and O–H groups in total. The fourth-order valence-corrected chi connectivity index (χ4v) is 2.70. The summed E-state index contributed by atoms with van der Waals surface area (Å²) in [4.78, 5) is 8.80. The van der Waals surface area contributed by atoms with E-state index < -0.39 is 5.66 Å². The third-order valence-corrected chi connectivity index (χ3v) is 3.95. The Kier molecular flexibility index (Phi) is 5.02. The van der Waals surface area contributed by atoms with Crippen LogP contribution in [0.3, 0.4) is 0 Å². The van der Waals surface area contributed by atoms with Gasteiger partial charge in [-0.2, -0.15) is 0 Å².